The zero-order valence-electron chi connectivity index (χ0n) is 15.4. The highest BCUT2D eigenvalue weighted by atomic mass is 16.2. The number of aryl methyl sites for hydroxylation is 2. The number of hydrogen-bond donors (Lipinski definition) is 3. The maximum absolute atomic E-state index is 12.1. The molecule has 0 aliphatic heterocycles. The van der Waals surface area contributed by atoms with Crippen LogP contribution in [0.3, 0.4) is 0 Å². The molecule has 0 aliphatic rings. The van der Waals surface area contributed by atoms with Gasteiger partial charge in [0.25, 0.3) is 0 Å². The van der Waals surface area contributed by atoms with Gasteiger partial charge in [-0.15, -0.1) is 0 Å². The van der Waals surface area contributed by atoms with Crippen molar-refractivity contribution in [3.05, 3.63) is 60.4 Å². The van der Waals surface area contributed by atoms with E-state index in [0.717, 1.165) is 29.3 Å². The number of carbonyl (C=O) groups is 1. The van der Waals surface area contributed by atoms with Gasteiger partial charge in [-0.2, -0.15) is 0 Å². The smallest absolute Gasteiger partial charge is 0.319 e. The molecule has 0 saturated carbocycles. The molecule has 3 aromatic rings. The summed E-state index contributed by atoms with van der Waals surface area (Å²) in [6.07, 6.45) is 5.94. The topological polar surface area (TPSA) is 96.8 Å². The van der Waals surface area contributed by atoms with Crippen molar-refractivity contribution in [1.82, 2.24) is 24.8 Å². The fraction of sp³-hybridized carbons (Fsp3) is 0.263. The lowest BCUT2D eigenvalue weighted by Crippen LogP contribution is -2.33. The van der Waals surface area contributed by atoms with E-state index in [1.165, 1.54) is 6.33 Å². The Morgan fingerprint density at radius 2 is 2.00 bits per heavy atom. The van der Waals surface area contributed by atoms with Gasteiger partial charge in [-0.05, 0) is 25.0 Å². The van der Waals surface area contributed by atoms with Gasteiger partial charge in [-0.1, -0.05) is 25.1 Å². The summed E-state index contributed by atoms with van der Waals surface area (Å²) in [5.74, 6) is 2.28. The summed E-state index contributed by atoms with van der Waals surface area (Å²) < 4.78 is 1.88. The first-order valence-corrected chi connectivity index (χ1v) is 8.86. The molecule has 3 rings (SSSR count). The van der Waals surface area contributed by atoms with Crippen molar-refractivity contribution in [1.29, 1.82) is 0 Å². The largest absolute Gasteiger partial charge is 0.368 e. The molecule has 2 amide bonds. The van der Waals surface area contributed by atoms with Crippen molar-refractivity contribution in [2.75, 3.05) is 23.7 Å². The van der Waals surface area contributed by atoms with Crippen LogP contribution in [0.25, 0.3) is 5.82 Å². The number of benzene rings is 1. The average molecular weight is 365 g/mol. The molecule has 27 heavy (non-hydrogen) atoms. The highest BCUT2D eigenvalue weighted by molar-refractivity contribution is 5.90. The second-order valence-corrected chi connectivity index (χ2v) is 5.92. The highest BCUT2D eigenvalue weighted by Crippen LogP contribution is 2.15. The van der Waals surface area contributed by atoms with Crippen molar-refractivity contribution in [2.45, 2.75) is 20.3 Å². The summed E-state index contributed by atoms with van der Waals surface area (Å²) in [6.45, 7) is 4.98. The monoisotopic (exact) mass is 365 g/mol. The van der Waals surface area contributed by atoms with Crippen LogP contribution < -0.4 is 16.0 Å². The molecule has 0 bridgehead atoms. The van der Waals surface area contributed by atoms with E-state index in [0.29, 0.717) is 18.9 Å². The number of imidazole rings is 1. The zero-order chi connectivity index (χ0) is 19.1. The predicted octanol–water partition coefficient (Wildman–Crippen LogP) is 2.77. The molecule has 0 unspecified atom stereocenters. The molecule has 3 N–H and O–H groups in total. The Hall–Kier alpha value is -3.42. The molecular weight excluding hydrogens is 342 g/mol. The Kier molecular flexibility index (Phi) is 5.98. The van der Waals surface area contributed by atoms with Gasteiger partial charge in [-0.25, -0.2) is 19.7 Å². The number of amides is 2. The quantitative estimate of drug-likeness (QED) is 0.560. The number of aromatic nitrogens is 4. The van der Waals surface area contributed by atoms with E-state index in [1.807, 2.05) is 48.0 Å². The molecule has 8 nitrogen and oxygen atoms in total. The lowest BCUT2D eigenvalue weighted by Gasteiger charge is -2.12. The van der Waals surface area contributed by atoms with E-state index in [9.17, 15) is 4.79 Å². The lowest BCUT2D eigenvalue weighted by molar-refractivity contribution is 0.252. The first-order chi connectivity index (χ1) is 13.2. The first-order valence-electron chi connectivity index (χ1n) is 8.86. The summed E-state index contributed by atoms with van der Waals surface area (Å²) >= 11 is 0. The standard InChI is InChI=1S/C19H23N7O/c1-3-15-6-4-5-7-16(15)25-19(27)22-9-8-21-17-12-18(24-13-23-17)26-11-10-20-14(26)2/h4-7,10-13H,3,8-9H2,1-2H3,(H,21,23,24)(H2,22,25,27). The lowest BCUT2D eigenvalue weighted by atomic mass is 10.1. The Balaban J connectivity index is 1.48. The SMILES string of the molecule is CCc1ccccc1NC(=O)NCCNc1cc(-n2ccnc2C)ncn1. The van der Waals surface area contributed by atoms with Crippen molar-refractivity contribution >= 4 is 17.5 Å². The summed E-state index contributed by atoms with van der Waals surface area (Å²) in [7, 11) is 0. The van der Waals surface area contributed by atoms with Gasteiger partial charge in [0.2, 0.25) is 0 Å². The van der Waals surface area contributed by atoms with Crippen LogP contribution in [-0.4, -0.2) is 38.6 Å². The number of carbonyl (C=O) groups excluding carboxylic acids is 1. The molecule has 0 atom stereocenters. The molecule has 0 saturated heterocycles. The Bertz CT molecular complexity index is 906. The normalized spacial score (nSPS) is 10.4. The number of nitrogens with one attached hydrogen (secondary N) is 3. The molecule has 8 heteroatoms. The van der Waals surface area contributed by atoms with Gasteiger partial charge >= 0.3 is 6.03 Å². The molecule has 0 radical (unpaired) electrons. The minimum atomic E-state index is -0.227. The summed E-state index contributed by atoms with van der Waals surface area (Å²) in [4.78, 5) is 24.7. The van der Waals surface area contributed by atoms with Crippen molar-refractivity contribution in [3.63, 3.8) is 0 Å². The van der Waals surface area contributed by atoms with E-state index < -0.39 is 0 Å². The van der Waals surface area contributed by atoms with Crippen molar-refractivity contribution < 1.29 is 4.79 Å². The fourth-order valence-electron chi connectivity index (χ4n) is 2.68. The maximum atomic E-state index is 12.1. The third kappa shape index (κ3) is 4.81. The Morgan fingerprint density at radius 3 is 2.78 bits per heavy atom. The number of urea groups is 1. The van der Waals surface area contributed by atoms with Crippen LogP contribution in [-0.2, 0) is 6.42 Å². The van der Waals surface area contributed by atoms with Crippen LogP contribution >= 0.6 is 0 Å². The Morgan fingerprint density at radius 1 is 1.15 bits per heavy atom. The van der Waals surface area contributed by atoms with E-state index in [1.54, 1.807) is 6.20 Å². The van der Waals surface area contributed by atoms with Gasteiger partial charge in [0.1, 0.15) is 23.8 Å². The molecule has 0 aliphatic carbocycles. The average Bonchev–Trinajstić information content (AvgIpc) is 3.12. The second-order valence-electron chi connectivity index (χ2n) is 5.92. The molecular formula is C19H23N7O. The second kappa shape index (κ2) is 8.79. The highest BCUT2D eigenvalue weighted by Gasteiger charge is 2.06. The predicted molar refractivity (Wildman–Crippen MR) is 105 cm³/mol. The molecule has 0 fully saturated rings. The maximum Gasteiger partial charge on any atom is 0.319 e. The van der Waals surface area contributed by atoms with Crippen molar-refractivity contribution in [2.24, 2.45) is 0 Å². The minimum Gasteiger partial charge on any atom is -0.368 e. The van der Waals surface area contributed by atoms with E-state index >= 15 is 0 Å². The summed E-state index contributed by atoms with van der Waals surface area (Å²) in [5, 5.41) is 8.89. The summed E-state index contributed by atoms with van der Waals surface area (Å²) in [6, 6.07) is 9.39. The number of anilines is 2. The molecule has 0 spiro atoms. The van der Waals surface area contributed by atoms with Gasteiger partial charge in [0, 0.05) is 37.2 Å². The minimum absolute atomic E-state index is 0.227. The van der Waals surface area contributed by atoms with E-state index in [2.05, 4.69) is 37.8 Å². The third-order valence-electron chi connectivity index (χ3n) is 4.09. The van der Waals surface area contributed by atoms with Gasteiger partial charge in [-0.3, -0.25) is 4.57 Å². The van der Waals surface area contributed by atoms with Crippen LogP contribution in [0.1, 0.15) is 18.3 Å². The van der Waals surface area contributed by atoms with Crippen LogP contribution in [0.5, 0.6) is 0 Å². The van der Waals surface area contributed by atoms with Gasteiger partial charge in [0.05, 0.1) is 0 Å². The van der Waals surface area contributed by atoms with Crippen LogP contribution in [0.2, 0.25) is 0 Å². The molecule has 2 heterocycles. The fourth-order valence-corrected chi connectivity index (χ4v) is 2.68. The Labute approximate surface area is 158 Å². The van der Waals surface area contributed by atoms with Gasteiger partial charge < -0.3 is 16.0 Å². The molecule has 1 aromatic carbocycles. The summed E-state index contributed by atoms with van der Waals surface area (Å²) in [5.41, 5.74) is 1.94. The van der Waals surface area contributed by atoms with Crippen LogP contribution in [0, 0.1) is 6.92 Å². The van der Waals surface area contributed by atoms with Crippen LogP contribution in [0.4, 0.5) is 16.3 Å². The molecule has 140 valence electrons. The molecule has 2 aromatic heterocycles. The number of hydrogen-bond acceptors (Lipinski definition) is 5. The van der Waals surface area contributed by atoms with E-state index in [-0.39, 0.29) is 6.03 Å². The number of rotatable bonds is 7. The van der Waals surface area contributed by atoms with Gasteiger partial charge in [0.15, 0.2) is 0 Å². The number of para-hydroxylation sites is 1. The third-order valence-corrected chi connectivity index (χ3v) is 4.09. The van der Waals surface area contributed by atoms with Crippen LogP contribution in [0.15, 0.2) is 49.1 Å². The van der Waals surface area contributed by atoms with Crippen molar-refractivity contribution in [3.8, 4) is 5.82 Å². The first kappa shape index (κ1) is 18.4. The zero-order valence-corrected chi connectivity index (χ0v) is 15.4. The van der Waals surface area contributed by atoms with E-state index in [4.69, 9.17) is 0 Å². The number of nitrogens with zero attached hydrogens (tertiary/aromatic N) is 4.